The van der Waals surface area contributed by atoms with E-state index >= 15 is 0 Å². The molecule has 0 amide bonds. The Balaban J connectivity index is 2.44. The molecule has 0 unspecified atom stereocenters. The monoisotopic (exact) mass is 248 g/mol. The molecule has 0 aliphatic carbocycles. The topological polar surface area (TPSA) is 64.7 Å². The Bertz CT molecular complexity index is 519. The van der Waals surface area contributed by atoms with Crippen molar-refractivity contribution in [1.29, 1.82) is 0 Å². The molecule has 5 heteroatoms. The molecule has 0 bridgehead atoms. The highest BCUT2D eigenvalue weighted by Crippen LogP contribution is 2.28. The molecule has 2 aromatic rings. The zero-order valence-corrected chi connectivity index (χ0v) is 11.3. The van der Waals surface area contributed by atoms with Crippen LogP contribution in [0.4, 0.5) is 5.82 Å². The van der Waals surface area contributed by atoms with Gasteiger partial charge in [0.25, 0.3) is 0 Å². The minimum Gasteiger partial charge on any atom is -0.384 e. The van der Waals surface area contributed by atoms with Crippen LogP contribution in [0.15, 0.2) is 11.4 Å². The standard InChI is InChI=1S/C12H16N4S/c1-7-5-9(13)16-10(14-7)8-6-17-11(15-8)12(2,3)4/h5-6H,1-4H3,(H2,13,14,16). The summed E-state index contributed by atoms with van der Waals surface area (Å²) in [5.41, 5.74) is 7.43. The third kappa shape index (κ3) is 2.61. The van der Waals surface area contributed by atoms with Gasteiger partial charge in [0, 0.05) is 22.6 Å². The summed E-state index contributed by atoms with van der Waals surface area (Å²) in [7, 11) is 0. The fourth-order valence-corrected chi connectivity index (χ4v) is 2.31. The quantitative estimate of drug-likeness (QED) is 0.842. The van der Waals surface area contributed by atoms with E-state index in [0.29, 0.717) is 11.6 Å². The third-order valence-electron chi connectivity index (χ3n) is 2.25. The largest absolute Gasteiger partial charge is 0.384 e. The minimum atomic E-state index is 0.0539. The highest BCUT2D eigenvalue weighted by molar-refractivity contribution is 7.10. The van der Waals surface area contributed by atoms with Gasteiger partial charge in [-0.1, -0.05) is 20.8 Å². The normalized spacial score (nSPS) is 11.8. The third-order valence-corrected chi connectivity index (χ3v) is 3.52. The number of rotatable bonds is 1. The van der Waals surface area contributed by atoms with Gasteiger partial charge in [-0.05, 0) is 6.92 Å². The number of nitrogens with zero attached hydrogens (tertiary/aromatic N) is 3. The maximum atomic E-state index is 5.71. The van der Waals surface area contributed by atoms with E-state index in [4.69, 9.17) is 5.73 Å². The van der Waals surface area contributed by atoms with Crippen LogP contribution in [0.3, 0.4) is 0 Å². The second-order valence-electron chi connectivity index (χ2n) is 5.05. The van der Waals surface area contributed by atoms with Crippen molar-refractivity contribution < 1.29 is 0 Å². The summed E-state index contributed by atoms with van der Waals surface area (Å²) in [5, 5.41) is 3.06. The van der Waals surface area contributed by atoms with Crippen LogP contribution in [0.25, 0.3) is 11.5 Å². The van der Waals surface area contributed by atoms with E-state index < -0.39 is 0 Å². The lowest BCUT2D eigenvalue weighted by Crippen LogP contribution is -2.10. The Morgan fingerprint density at radius 2 is 1.88 bits per heavy atom. The van der Waals surface area contributed by atoms with E-state index in [0.717, 1.165) is 16.4 Å². The van der Waals surface area contributed by atoms with E-state index in [1.165, 1.54) is 0 Å². The van der Waals surface area contributed by atoms with Gasteiger partial charge < -0.3 is 5.73 Å². The molecular formula is C12H16N4S. The van der Waals surface area contributed by atoms with Gasteiger partial charge in [0.1, 0.15) is 11.5 Å². The molecule has 17 heavy (non-hydrogen) atoms. The van der Waals surface area contributed by atoms with Crippen LogP contribution in [0.2, 0.25) is 0 Å². The fourth-order valence-electron chi connectivity index (χ4n) is 1.43. The lowest BCUT2D eigenvalue weighted by atomic mass is 9.98. The molecule has 90 valence electrons. The van der Waals surface area contributed by atoms with Crippen molar-refractivity contribution in [2.75, 3.05) is 5.73 Å². The van der Waals surface area contributed by atoms with Gasteiger partial charge in [-0.3, -0.25) is 0 Å². The number of thiazole rings is 1. The number of nitrogen functional groups attached to an aromatic ring is 1. The van der Waals surface area contributed by atoms with Gasteiger partial charge in [0.2, 0.25) is 0 Å². The van der Waals surface area contributed by atoms with Crippen molar-refractivity contribution in [3.05, 3.63) is 22.1 Å². The first-order valence-corrected chi connectivity index (χ1v) is 6.32. The predicted octanol–water partition coefficient (Wildman–Crippen LogP) is 2.79. The Labute approximate surface area is 105 Å². The second kappa shape index (κ2) is 4.07. The molecule has 0 spiro atoms. The highest BCUT2D eigenvalue weighted by Gasteiger charge is 2.19. The summed E-state index contributed by atoms with van der Waals surface area (Å²) >= 11 is 1.63. The lowest BCUT2D eigenvalue weighted by molar-refractivity contribution is 0.586. The summed E-state index contributed by atoms with van der Waals surface area (Å²) in [6, 6.07) is 1.75. The highest BCUT2D eigenvalue weighted by atomic mass is 32.1. The van der Waals surface area contributed by atoms with Gasteiger partial charge in [-0.15, -0.1) is 11.3 Å². The Morgan fingerprint density at radius 1 is 1.18 bits per heavy atom. The molecular weight excluding hydrogens is 232 g/mol. The molecule has 0 fully saturated rings. The van der Waals surface area contributed by atoms with Crippen LogP contribution in [0.1, 0.15) is 31.5 Å². The van der Waals surface area contributed by atoms with Crippen LogP contribution in [-0.2, 0) is 5.41 Å². The molecule has 0 saturated heterocycles. The maximum Gasteiger partial charge on any atom is 0.181 e. The summed E-state index contributed by atoms with van der Waals surface area (Å²) in [6.07, 6.45) is 0. The average Bonchev–Trinajstić information content (AvgIpc) is 2.63. The van der Waals surface area contributed by atoms with Crippen molar-refractivity contribution in [1.82, 2.24) is 15.0 Å². The van der Waals surface area contributed by atoms with E-state index in [1.807, 2.05) is 12.3 Å². The summed E-state index contributed by atoms with van der Waals surface area (Å²) in [6.45, 7) is 8.32. The Hall–Kier alpha value is -1.49. The minimum absolute atomic E-state index is 0.0539. The summed E-state index contributed by atoms with van der Waals surface area (Å²) in [4.78, 5) is 13.1. The SMILES string of the molecule is Cc1cc(N)nc(-c2csc(C(C)(C)C)n2)n1. The Kier molecular flexibility index (Phi) is 2.87. The van der Waals surface area contributed by atoms with Crippen LogP contribution in [0.5, 0.6) is 0 Å². The van der Waals surface area contributed by atoms with Crippen molar-refractivity contribution in [3.8, 4) is 11.5 Å². The van der Waals surface area contributed by atoms with Gasteiger partial charge in [-0.25, -0.2) is 15.0 Å². The fraction of sp³-hybridized carbons (Fsp3) is 0.417. The number of hydrogen-bond donors (Lipinski definition) is 1. The number of anilines is 1. The van der Waals surface area contributed by atoms with Gasteiger partial charge >= 0.3 is 0 Å². The molecule has 2 aromatic heterocycles. The first kappa shape index (κ1) is 12.0. The molecule has 2 N–H and O–H groups in total. The first-order chi connectivity index (χ1) is 7.86. The van der Waals surface area contributed by atoms with E-state index in [2.05, 4.69) is 35.7 Å². The Morgan fingerprint density at radius 3 is 2.41 bits per heavy atom. The number of nitrogens with two attached hydrogens (primary N) is 1. The molecule has 2 rings (SSSR count). The molecule has 4 nitrogen and oxygen atoms in total. The first-order valence-electron chi connectivity index (χ1n) is 5.44. The van der Waals surface area contributed by atoms with Crippen molar-refractivity contribution >= 4 is 17.2 Å². The summed E-state index contributed by atoms with van der Waals surface area (Å²) in [5.74, 6) is 1.09. The average molecular weight is 248 g/mol. The van der Waals surface area contributed by atoms with Crippen LogP contribution in [0, 0.1) is 6.92 Å². The number of aromatic nitrogens is 3. The smallest absolute Gasteiger partial charge is 0.181 e. The molecule has 0 aromatic carbocycles. The van der Waals surface area contributed by atoms with Gasteiger partial charge in [0.05, 0.1) is 5.01 Å². The summed E-state index contributed by atoms with van der Waals surface area (Å²) < 4.78 is 0. The molecule has 0 radical (unpaired) electrons. The van der Waals surface area contributed by atoms with Crippen LogP contribution < -0.4 is 5.73 Å². The zero-order chi connectivity index (χ0) is 12.6. The van der Waals surface area contributed by atoms with Crippen LogP contribution in [-0.4, -0.2) is 15.0 Å². The molecule has 2 heterocycles. The van der Waals surface area contributed by atoms with Gasteiger partial charge in [0.15, 0.2) is 5.82 Å². The zero-order valence-electron chi connectivity index (χ0n) is 10.5. The van der Waals surface area contributed by atoms with Crippen molar-refractivity contribution in [2.45, 2.75) is 33.1 Å². The van der Waals surface area contributed by atoms with E-state index in [9.17, 15) is 0 Å². The van der Waals surface area contributed by atoms with Crippen molar-refractivity contribution in [2.24, 2.45) is 0 Å². The second-order valence-corrected chi connectivity index (χ2v) is 5.90. The van der Waals surface area contributed by atoms with E-state index in [1.54, 1.807) is 17.4 Å². The molecule has 0 atom stereocenters. The molecule has 0 aliphatic heterocycles. The number of aryl methyl sites for hydroxylation is 1. The van der Waals surface area contributed by atoms with Crippen molar-refractivity contribution in [3.63, 3.8) is 0 Å². The molecule has 0 saturated carbocycles. The predicted molar refractivity (Wildman–Crippen MR) is 71.0 cm³/mol. The van der Waals surface area contributed by atoms with Crippen LogP contribution >= 0.6 is 11.3 Å². The number of hydrogen-bond acceptors (Lipinski definition) is 5. The molecule has 0 aliphatic rings. The lowest BCUT2D eigenvalue weighted by Gasteiger charge is -2.13. The maximum absolute atomic E-state index is 5.71. The van der Waals surface area contributed by atoms with E-state index in [-0.39, 0.29) is 5.41 Å². The van der Waals surface area contributed by atoms with Gasteiger partial charge in [-0.2, -0.15) is 0 Å².